The zero-order chi connectivity index (χ0) is 20.4. The van der Waals surface area contributed by atoms with E-state index in [-0.39, 0.29) is 31.4 Å². The second-order valence-corrected chi connectivity index (χ2v) is 7.54. The zero-order valence-electron chi connectivity index (χ0n) is 15.5. The van der Waals surface area contributed by atoms with Crippen molar-refractivity contribution in [1.29, 1.82) is 0 Å². The third-order valence-electron chi connectivity index (χ3n) is 5.17. The monoisotopic (exact) mass is 418 g/mol. The van der Waals surface area contributed by atoms with Gasteiger partial charge >= 0.3 is 12.0 Å². The van der Waals surface area contributed by atoms with E-state index in [0.29, 0.717) is 23.7 Å². The topological polar surface area (TPSA) is 115 Å². The molecule has 1 aromatic carbocycles. The Bertz CT molecular complexity index is 936. The van der Waals surface area contributed by atoms with Gasteiger partial charge in [-0.2, -0.15) is 4.98 Å². The highest BCUT2D eigenvalue weighted by molar-refractivity contribution is 6.30. The predicted octanol–water partition coefficient (Wildman–Crippen LogP) is 2.69. The Hall–Kier alpha value is -2.94. The summed E-state index contributed by atoms with van der Waals surface area (Å²) in [7, 11) is 0. The van der Waals surface area contributed by atoms with Crippen molar-refractivity contribution in [3.63, 3.8) is 0 Å². The first kappa shape index (κ1) is 19.4. The molecule has 3 amide bonds. The van der Waals surface area contributed by atoms with Crippen LogP contribution in [0.25, 0.3) is 11.4 Å². The van der Waals surface area contributed by atoms with Crippen molar-refractivity contribution in [2.24, 2.45) is 0 Å². The minimum atomic E-state index is -0.775. The first-order chi connectivity index (χ1) is 14.0. The number of aromatic nitrogens is 2. The number of nitrogens with one attached hydrogen (secondary N) is 1. The Morgan fingerprint density at radius 3 is 2.69 bits per heavy atom. The molecule has 1 aliphatic carbocycles. The van der Waals surface area contributed by atoms with Gasteiger partial charge in [0, 0.05) is 17.1 Å². The van der Waals surface area contributed by atoms with Gasteiger partial charge in [0.2, 0.25) is 5.82 Å². The summed E-state index contributed by atoms with van der Waals surface area (Å²) in [5, 5.41) is 7.21. The lowest BCUT2D eigenvalue weighted by atomic mass is 9.98. The van der Waals surface area contributed by atoms with Gasteiger partial charge in [-0.15, -0.1) is 0 Å². The smallest absolute Gasteiger partial charge is 0.325 e. The molecule has 10 heteroatoms. The Kier molecular flexibility index (Phi) is 5.23. The first-order valence-corrected chi connectivity index (χ1v) is 9.73. The Labute approximate surface area is 171 Å². The van der Waals surface area contributed by atoms with Crippen molar-refractivity contribution in [2.45, 2.75) is 44.2 Å². The Morgan fingerprint density at radius 1 is 1.24 bits per heavy atom. The molecule has 1 aliphatic heterocycles. The van der Waals surface area contributed by atoms with Crippen molar-refractivity contribution in [1.82, 2.24) is 20.4 Å². The number of hydrogen-bond acceptors (Lipinski definition) is 7. The number of imide groups is 1. The molecule has 9 nitrogen and oxygen atoms in total. The van der Waals surface area contributed by atoms with Crippen molar-refractivity contribution < 1.29 is 23.6 Å². The summed E-state index contributed by atoms with van der Waals surface area (Å²) in [6.07, 6.45) is 3.00. The maximum Gasteiger partial charge on any atom is 0.325 e. The fraction of sp³-hybridized carbons (Fsp3) is 0.421. The molecule has 1 saturated heterocycles. The van der Waals surface area contributed by atoms with Crippen LogP contribution in [0.3, 0.4) is 0 Å². The minimum absolute atomic E-state index is 0.0227. The minimum Gasteiger partial charge on any atom is -0.456 e. The molecule has 0 radical (unpaired) electrons. The molecule has 0 bridgehead atoms. The van der Waals surface area contributed by atoms with Crippen LogP contribution in [-0.4, -0.2) is 45.0 Å². The lowest BCUT2D eigenvalue weighted by Gasteiger charge is -2.19. The highest BCUT2D eigenvalue weighted by Crippen LogP contribution is 2.35. The van der Waals surface area contributed by atoms with E-state index in [4.69, 9.17) is 20.9 Å². The molecule has 0 unspecified atom stereocenters. The third kappa shape index (κ3) is 3.95. The van der Waals surface area contributed by atoms with Crippen LogP contribution in [0.2, 0.25) is 5.02 Å². The molecule has 4 rings (SSSR count). The van der Waals surface area contributed by atoms with Gasteiger partial charge in [-0.05, 0) is 37.1 Å². The SMILES string of the molecule is O=C(CCN1C(=O)NC2(CCCC2)C1=O)OCc1nc(-c2ccc(Cl)cc2)no1. The summed E-state index contributed by atoms with van der Waals surface area (Å²) in [5.74, 6) is -0.321. The van der Waals surface area contributed by atoms with Crippen molar-refractivity contribution in [3.8, 4) is 11.4 Å². The van der Waals surface area contributed by atoms with Gasteiger partial charge in [0.1, 0.15) is 5.54 Å². The van der Waals surface area contributed by atoms with Crippen LogP contribution in [0.4, 0.5) is 4.79 Å². The molecule has 1 N–H and O–H groups in total. The lowest BCUT2D eigenvalue weighted by Crippen LogP contribution is -2.44. The summed E-state index contributed by atoms with van der Waals surface area (Å²) in [6, 6.07) is 6.46. The van der Waals surface area contributed by atoms with Gasteiger partial charge in [-0.1, -0.05) is 29.6 Å². The highest BCUT2D eigenvalue weighted by Gasteiger charge is 2.52. The van der Waals surface area contributed by atoms with Crippen LogP contribution in [-0.2, 0) is 20.9 Å². The maximum absolute atomic E-state index is 12.5. The second-order valence-electron chi connectivity index (χ2n) is 7.11. The summed E-state index contributed by atoms with van der Waals surface area (Å²) < 4.78 is 10.2. The molecule has 1 aromatic heterocycles. The number of halogens is 1. The van der Waals surface area contributed by atoms with E-state index in [0.717, 1.165) is 23.3 Å². The van der Waals surface area contributed by atoms with E-state index in [1.54, 1.807) is 24.3 Å². The van der Waals surface area contributed by atoms with Gasteiger partial charge in [0.05, 0.1) is 6.42 Å². The van der Waals surface area contributed by atoms with Crippen LogP contribution in [0, 0.1) is 0 Å². The third-order valence-corrected chi connectivity index (χ3v) is 5.42. The molecule has 2 heterocycles. The Balaban J connectivity index is 1.27. The van der Waals surface area contributed by atoms with Gasteiger partial charge in [0.25, 0.3) is 11.8 Å². The van der Waals surface area contributed by atoms with Crippen LogP contribution >= 0.6 is 11.6 Å². The lowest BCUT2D eigenvalue weighted by molar-refractivity contribution is -0.146. The zero-order valence-corrected chi connectivity index (χ0v) is 16.3. The Morgan fingerprint density at radius 2 is 1.97 bits per heavy atom. The number of nitrogens with zero attached hydrogens (tertiary/aromatic N) is 3. The number of amides is 3. The predicted molar refractivity (Wildman–Crippen MR) is 101 cm³/mol. The van der Waals surface area contributed by atoms with Gasteiger partial charge in [-0.3, -0.25) is 14.5 Å². The fourth-order valence-electron chi connectivity index (χ4n) is 3.64. The number of rotatable bonds is 6. The molecule has 2 fully saturated rings. The van der Waals surface area contributed by atoms with Crippen LogP contribution in [0.1, 0.15) is 38.0 Å². The van der Waals surface area contributed by atoms with E-state index in [1.807, 2.05) is 0 Å². The molecular weight excluding hydrogens is 400 g/mol. The average Bonchev–Trinajstić information content (AvgIpc) is 3.41. The van der Waals surface area contributed by atoms with E-state index < -0.39 is 17.5 Å². The summed E-state index contributed by atoms with van der Waals surface area (Å²) >= 11 is 5.85. The van der Waals surface area contributed by atoms with E-state index >= 15 is 0 Å². The van der Waals surface area contributed by atoms with Crippen LogP contribution < -0.4 is 5.32 Å². The van der Waals surface area contributed by atoms with Crippen molar-refractivity contribution in [3.05, 3.63) is 35.2 Å². The molecular formula is C19H19ClN4O5. The molecule has 152 valence electrons. The molecule has 1 saturated carbocycles. The van der Waals surface area contributed by atoms with Crippen molar-refractivity contribution in [2.75, 3.05) is 6.54 Å². The number of esters is 1. The molecule has 0 atom stereocenters. The fourth-order valence-corrected chi connectivity index (χ4v) is 3.77. The summed E-state index contributed by atoms with van der Waals surface area (Å²) in [6.45, 7) is -0.214. The second kappa shape index (κ2) is 7.82. The number of urea groups is 1. The molecule has 2 aromatic rings. The van der Waals surface area contributed by atoms with Crippen molar-refractivity contribution >= 4 is 29.5 Å². The number of carbonyl (C=O) groups is 3. The van der Waals surface area contributed by atoms with E-state index in [1.165, 1.54) is 0 Å². The molecule has 1 spiro atoms. The number of benzene rings is 1. The standard InChI is InChI=1S/C19H19ClN4O5/c20-13-5-3-12(4-6-13)16-21-14(29-23-16)11-28-15(25)7-10-24-17(26)19(22-18(24)27)8-1-2-9-19/h3-6H,1-2,7-11H2,(H,22,27). The number of hydrogen-bond donors (Lipinski definition) is 1. The van der Waals surface area contributed by atoms with Gasteiger partial charge < -0.3 is 14.6 Å². The maximum atomic E-state index is 12.5. The first-order valence-electron chi connectivity index (χ1n) is 9.35. The summed E-state index contributed by atoms with van der Waals surface area (Å²) in [4.78, 5) is 41.9. The van der Waals surface area contributed by atoms with Crippen LogP contribution in [0.5, 0.6) is 0 Å². The highest BCUT2D eigenvalue weighted by atomic mass is 35.5. The van der Waals surface area contributed by atoms with E-state index in [2.05, 4.69) is 15.5 Å². The molecule has 2 aliphatic rings. The van der Waals surface area contributed by atoms with Crippen LogP contribution in [0.15, 0.2) is 28.8 Å². The largest absolute Gasteiger partial charge is 0.456 e. The average molecular weight is 419 g/mol. The van der Waals surface area contributed by atoms with Gasteiger partial charge in [0.15, 0.2) is 6.61 Å². The van der Waals surface area contributed by atoms with Gasteiger partial charge in [-0.25, -0.2) is 4.79 Å². The van der Waals surface area contributed by atoms with E-state index in [9.17, 15) is 14.4 Å². The number of ether oxygens (including phenoxy) is 1. The molecule has 29 heavy (non-hydrogen) atoms. The normalized spacial score (nSPS) is 17.8. The summed E-state index contributed by atoms with van der Waals surface area (Å²) in [5.41, 5.74) is -0.0573. The quantitative estimate of drug-likeness (QED) is 0.566. The number of carbonyl (C=O) groups excluding carboxylic acids is 3.